The number of thiophene rings is 1. The number of nitrogens with zero attached hydrogens (tertiary/aromatic N) is 1. The van der Waals surface area contributed by atoms with Crippen molar-refractivity contribution in [3.8, 4) is 0 Å². The largest absolute Gasteiger partial charge is 0.399 e. The van der Waals surface area contributed by atoms with Gasteiger partial charge in [0, 0.05) is 12.2 Å². The van der Waals surface area contributed by atoms with E-state index in [4.69, 9.17) is 5.73 Å². The normalized spacial score (nSPS) is 17.5. The number of amides is 1. The zero-order chi connectivity index (χ0) is 13.9. The molecule has 1 aromatic heterocycles. The highest BCUT2D eigenvalue weighted by Gasteiger charge is 2.29. The van der Waals surface area contributed by atoms with Crippen LogP contribution in [-0.4, -0.2) is 17.4 Å². The van der Waals surface area contributed by atoms with E-state index in [1.54, 1.807) is 11.3 Å². The number of nitrogen functional groups attached to an aromatic ring is 1. The van der Waals surface area contributed by atoms with E-state index in [1.165, 1.54) is 5.56 Å². The molecule has 1 fully saturated rings. The summed E-state index contributed by atoms with van der Waals surface area (Å²) in [6.45, 7) is 0.869. The predicted octanol–water partition coefficient (Wildman–Crippen LogP) is 3.66. The van der Waals surface area contributed by atoms with Crippen LogP contribution in [0.3, 0.4) is 0 Å². The van der Waals surface area contributed by atoms with Gasteiger partial charge in [-0.15, -0.1) is 12.4 Å². The van der Waals surface area contributed by atoms with Crippen molar-refractivity contribution in [1.82, 2.24) is 4.90 Å². The molecule has 3 rings (SSSR count). The van der Waals surface area contributed by atoms with E-state index >= 15 is 0 Å². The van der Waals surface area contributed by atoms with Crippen LogP contribution in [0.15, 0.2) is 41.1 Å². The maximum absolute atomic E-state index is 12.5. The Hall–Kier alpha value is -1.52. The van der Waals surface area contributed by atoms with Gasteiger partial charge in [-0.3, -0.25) is 4.79 Å². The van der Waals surface area contributed by atoms with Crippen LogP contribution in [-0.2, 0) is 11.2 Å². The molecule has 2 N–H and O–H groups in total. The highest BCUT2D eigenvalue weighted by atomic mass is 35.5. The molecule has 5 heteroatoms. The van der Waals surface area contributed by atoms with Crippen molar-refractivity contribution in [1.29, 1.82) is 0 Å². The van der Waals surface area contributed by atoms with Crippen LogP contribution in [0.25, 0.3) is 0 Å². The lowest BCUT2D eigenvalue weighted by Gasteiger charge is -2.24. The minimum absolute atomic E-state index is 0. The third kappa shape index (κ3) is 3.57. The van der Waals surface area contributed by atoms with Crippen molar-refractivity contribution in [2.75, 3.05) is 12.3 Å². The first-order chi connectivity index (χ1) is 9.74. The van der Waals surface area contributed by atoms with Gasteiger partial charge in [0.2, 0.25) is 5.91 Å². The Bertz CT molecular complexity index is 583. The molecule has 112 valence electrons. The number of hydrogen-bond donors (Lipinski definition) is 1. The first kappa shape index (κ1) is 15.9. The molecule has 1 aliphatic heterocycles. The Morgan fingerprint density at radius 1 is 1.29 bits per heavy atom. The van der Waals surface area contributed by atoms with E-state index in [-0.39, 0.29) is 24.4 Å². The summed E-state index contributed by atoms with van der Waals surface area (Å²) < 4.78 is 0. The van der Waals surface area contributed by atoms with Crippen molar-refractivity contribution < 1.29 is 4.79 Å². The number of halogens is 1. The Labute approximate surface area is 135 Å². The smallest absolute Gasteiger partial charge is 0.227 e. The second-order valence-corrected chi connectivity index (χ2v) is 6.00. The second-order valence-electron chi connectivity index (χ2n) is 5.22. The standard InChI is InChI=1S/C16H18N2OS.ClH/c17-14-5-3-12(4-6-14)10-16(19)18-8-1-2-15(18)13-7-9-20-11-13;/h3-7,9,11,15H,1-2,8,10,17H2;1H. The Morgan fingerprint density at radius 2 is 2.05 bits per heavy atom. The first-order valence-electron chi connectivity index (χ1n) is 6.90. The number of carbonyl (C=O) groups excluding carboxylic acids is 1. The van der Waals surface area contributed by atoms with E-state index in [2.05, 4.69) is 16.8 Å². The van der Waals surface area contributed by atoms with Crippen LogP contribution >= 0.6 is 23.7 Å². The van der Waals surface area contributed by atoms with Gasteiger partial charge in [-0.05, 0) is 52.9 Å². The molecule has 21 heavy (non-hydrogen) atoms. The minimum Gasteiger partial charge on any atom is -0.399 e. The van der Waals surface area contributed by atoms with Crippen molar-refractivity contribution in [3.05, 3.63) is 52.2 Å². The van der Waals surface area contributed by atoms with Crippen LogP contribution in [0.5, 0.6) is 0 Å². The van der Waals surface area contributed by atoms with Crippen LogP contribution < -0.4 is 5.73 Å². The number of rotatable bonds is 3. The van der Waals surface area contributed by atoms with Crippen molar-refractivity contribution in [3.63, 3.8) is 0 Å². The Kier molecular flexibility index (Phi) is 5.26. The number of hydrogen-bond acceptors (Lipinski definition) is 3. The fraction of sp³-hybridized carbons (Fsp3) is 0.312. The van der Waals surface area contributed by atoms with E-state index in [0.717, 1.165) is 30.6 Å². The summed E-state index contributed by atoms with van der Waals surface area (Å²) >= 11 is 1.69. The van der Waals surface area contributed by atoms with Crippen molar-refractivity contribution >= 4 is 35.3 Å². The summed E-state index contributed by atoms with van der Waals surface area (Å²) in [6, 6.07) is 9.96. The van der Waals surface area contributed by atoms with Gasteiger partial charge in [0.15, 0.2) is 0 Å². The third-order valence-electron chi connectivity index (χ3n) is 3.84. The fourth-order valence-corrected chi connectivity index (χ4v) is 3.50. The summed E-state index contributed by atoms with van der Waals surface area (Å²) in [6.07, 6.45) is 2.62. The van der Waals surface area contributed by atoms with E-state index < -0.39 is 0 Å². The lowest BCUT2D eigenvalue weighted by molar-refractivity contribution is -0.131. The average molecular weight is 323 g/mol. The lowest BCUT2D eigenvalue weighted by atomic mass is 10.1. The molecule has 1 amide bonds. The molecule has 0 radical (unpaired) electrons. The summed E-state index contributed by atoms with van der Waals surface area (Å²) in [5.74, 6) is 0.212. The maximum atomic E-state index is 12.5. The fourth-order valence-electron chi connectivity index (χ4n) is 2.79. The van der Waals surface area contributed by atoms with E-state index in [0.29, 0.717) is 6.42 Å². The van der Waals surface area contributed by atoms with E-state index in [9.17, 15) is 4.79 Å². The number of carbonyl (C=O) groups is 1. The molecule has 0 aliphatic carbocycles. The molecule has 2 aromatic rings. The van der Waals surface area contributed by atoms with Gasteiger partial charge in [-0.2, -0.15) is 11.3 Å². The number of anilines is 1. The molecule has 3 nitrogen and oxygen atoms in total. The SMILES string of the molecule is Cl.Nc1ccc(CC(=O)N2CCCC2c2ccsc2)cc1. The zero-order valence-corrected chi connectivity index (χ0v) is 13.3. The minimum atomic E-state index is 0. The quantitative estimate of drug-likeness (QED) is 0.877. The molecule has 0 saturated carbocycles. The molecule has 0 spiro atoms. The van der Waals surface area contributed by atoms with Gasteiger partial charge in [0.1, 0.15) is 0 Å². The average Bonchev–Trinajstić information content (AvgIpc) is 3.11. The molecule has 2 heterocycles. The van der Waals surface area contributed by atoms with Crippen LogP contribution in [0.2, 0.25) is 0 Å². The number of benzene rings is 1. The molecule has 1 atom stereocenters. The molecule has 1 unspecified atom stereocenters. The van der Waals surface area contributed by atoms with E-state index in [1.807, 2.05) is 29.2 Å². The highest BCUT2D eigenvalue weighted by Crippen LogP contribution is 2.33. The maximum Gasteiger partial charge on any atom is 0.227 e. The van der Waals surface area contributed by atoms with Gasteiger partial charge in [0.25, 0.3) is 0 Å². The summed E-state index contributed by atoms with van der Waals surface area (Å²) in [4.78, 5) is 14.5. The van der Waals surface area contributed by atoms with Gasteiger partial charge in [-0.1, -0.05) is 12.1 Å². The monoisotopic (exact) mass is 322 g/mol. The molecule has 1 saturated heterocycles. The van der Waals surface area contributed by atoms with Crippen LogP contribution in [0.1, 0.15) is 30.0 Å². The van der Waals surface area contributed by atoms with Crippen molar-refractivity contribution in [2.24, 2.45) is 0 Å². The van der Waals surface area contributed by atoms with Gasteiger partial charge >= 0.3 is 0 Å². The van der Waals surface area contributed by atoms with Crippen LogP contribution in [0, 0.1) is 0 Å². The van der Waals surface area contributed by atoms with Gasteiger partial charge < -0.3 is 10.6 Å². The molecule has 0 bridgehead atoms. The molecular formula is C16H19ClN2OS. The topological polar surface area (TPSA) is 46.3 Å². The molecular weight excluding hydrogens is 304 g/mol. The predicted molar refractivity (Wildman–Crippen MR) is 89.8 cm³/mol. The molecule has 1 aliphatic rings. The first-order valence-corrected chi connectivity index (χ1v) is 7.84. The Morgan fingerprint density at radius 3 is 2.71 bits per heavy atom. The molecule has 1 aromatic carbocycles. The lowest BCUT2D eigenvalue weighted by Crippen LogP contribution is -2.31. The zero-order valence-electron chi connectivity index (χ0n) is 11.7. The summed E-state index contributed by atoms with van der Waals surface area (Å²) in [5, 5.41) is 4.23. The number of likely N-dealkylation sites (tertiary alicyclic amines) is 1. The van der Waals surface area contributed by atoms with Gasteiger partial charge in [0.05, 0.1) is 12.5 Å². The summed E-state index contributed by atoms with van der Waals surface area (Å²) in [5.41, 5.74) is 8.71. The van der Waals surface area contributed by atoms with Gasteiger partial charge in [-0.25, -0.2) is 0 Å². The summed E-state index contributed by atoms with van der Waals surface area (Å²) in [7, 11) is 0. The van der Waals surface area contributed by atoms with Crippen molar-refractivity contribution in [2.45, 2.75) is 25.3 Å². The number of nitrogens with two attached hydrogens (primary N) is 1. The Balaban J connectivity index is 0.00000161. The van der Waals surface area contributed by atoms with Crippen LogP contribution in [0.4, 0.5) is 5.69 Å². The third-order valence-corrected chi connectivity index (χ3v) is 4.54. The highest BCUT2D eigenvalue weighted by molar-refractivity contribution is 7.07. The second kappa shape index (κ2) is 6.96.